The molecule has 0 saturated carbocycles. The highest BCUT2D eigenvalue weighted by Gasteiger charge is 2.31. The van der Waals surface area contributed by atoms with E-state index in [9.17, 15) is 17.6 Å². The van der Waals surface area contributed by atoms with E-state index in [1.165, 1.54) is 22.5 Å². The number of rotatable bonds is 3. The maximum atomic E-state index is 13.2. The van der Waals surface area contributed by atoms with Crippen molar-refractivity contribution in [2.45, 2.75) is 18.7 Å². The Morgan fingerprint density at radius 1 is 1.04 bits per heavy atom. The number of piperazine rings is 1. The number of sulfonamides is 1. The number of carbonyl (C=O) groups excluding carboxylic acids is 1. The summed E-state index contributed by atoms with van der Waals surface area (Å²) in [6.45, 7) is 4.65. The van der Waals surface area contributed by atoms with Gasteiger partial charge in [-0.25, -0.2) is 12.8 Å². The quantitative estimate of drug-likeness (QED) is 0.714. The van der Waals surface area contributed by atoms with E-state index in [1.54, 1.807) is 24.0 Å². The molecule has 3 rings (SSSR count). The fraction of sp³-hybridized carbons (Fsp3) is 0.316. The van der Waals surface area contributed by atoms with Crippen LogP contribution >= 0.6 is 15.9 Å². The standard InChI is InChI=1S/C19H20BrFN2O3S/c1-13-3-4-14(2)18(11-13)27(25,26)23-9-7-22(8-10-23)19(24)16-6-5-15(21)12-17(16)20/h3-6,11-12H,7-10H2,1-2H3. The fourth-order valence-electron chi connectivity index (χ4n) is 3.09. The first kappa shape index (κ1) is 20.0. The molecule has 0 aliphatic carbocycles. The Hall–Kier alpha value is -1.77. The zero-order chi connectivity index (χ0) is 19.8. The normalized spacial score (nSPS) is 15.8. The summed E-state index contributed by atoms with van der Waals surface area (Å²) in [6, 6.07) is 9.27. The van der Waals surface area contributed by atoms with Crippen molar-refractivity contribution < 1.29 is 17.6 Å². The van der Waals surface area contributed by atoms with Gasteiger partial charge in [-0.3, -0.25) is 4.79 Å². The molecular weight excluding hydrogens is 435 g/mol. The number of nitrogens with zero attached hydrogens (tertiary/aromatic N) is 2. The number of aryl methyl sites for hydroxylation is 2. The van der Waals surface area contributed by atoms with Gasteiger partial charge in [0.1, 0.15) is 5.82 Å². The first-order chi connectivity index (χ1) is 12.7. The Bertz CT molecular complexity index is 986. The van der Waals surface area contributed by atoms with Crippen molar-refractivity contribution in [3.05, 3.63) is 63.4 Å². The molecule has 0 bridgehead atoms. The van der Waals surface area contributed by atoms with Gasteiger partial charge in [-0.15, -0.1) is 0 Å². The van der Waals surface area contributed by atoms with Gasteiger partial charge < -0.3 is 4.90 Å². The molecule has 0 aromatic heterocycles. The first-order valence-corrected chi connectivity index (χ1v) is 10.7. The van der Waals surface area contributed by atoms with Crippen molar-refractivity contribution in [1.29, 1.82) is 0 Å². The van der Waals surface area contributed by atoms with Crippen molar-refractivity contribution in [2.75, 3.05) is 26.2 Å². The second-order valence-corrected chi connectivity index (χ2v) is 9.35. The summed E-state index contributed by atoms with van der Waals surface area (Å²) in [7, 11) is -3.61. The maximum absolute atomic E-state index is 13.2. The highest BCUT2D eigenvalue weighted by atomic mass is 79.9. The fourth-order valence-corrected chi connectivity index (χ4v) is 5.34. The van der Waals surface area contributed by atoms with E-state index >= 15 is 0 Å². The van der Waals surface area contributed by atoms with Crippen molar-refractivity contribution in [3.63, 3.8) is 0 Å². The van der Waals surface area contributed by atoms with E-state index in [0.29, 0.717) is 20.5 Å². The minimum absolute atomic E-state index is 0.222. The summed E-state index contributed by atoms with van der Waals surface area (Å²) in [5, 5.41) is 0. The summed E-state index contributed by atoms with van der Waals surface area (Å²) < 4.78 is 41.0. The molecule has 2 aromatic carbocycles. The van der Waals surface area contributed by atoms with Gasteiger partial charge in [0.05, 0.1) is 10.5 Å². The molecule has 0 radical (unpaired) electrons. The summed E-state index contributed by atoms with van der Waals surface area (Å²) >= 11 is 3.21. The lowest BCUT2D eigenvalue weighted by Crippen LogP contribution is -2.50. The second kappa shape index (κ2) is 7.69. The summed E-state index contributed by atoms with van der Waals surface area (Å²) in [6.07, 6.45) is 0. The van der Waals surface area contributed by atoms with E-state index in [1.807, 2.05) is 13.0 Å². The third-order valence-electron chi connectivity index (χ3n) is 4.65. The predicted octanol–water partition coefficient (Wildman–Crippen LogP) is 3.35. The van der Waals surface area contributed by atoms with Crippen LogP contribution in [0.4, 0.5) is 4.39 Å². The molecule has 1 fully saturated rings. The van der Waals surface area contributed by atoms with E-state index in [2.05, 4.69) is 15.9 Å². The molecule has 1 aliphatic rings. The second-order valence-electron chi connectivity index (χ2n) is 6.59. The van der Waals surface area contributed by atoms with Gasteiger partial charge in [-0.1, -0.05) is 12.1 Å². The van der Waals surface area contributed by atoms with Crippen LogP contribution in [0.2, 0.25) is 0 Å². The summed E-state index contributed by atoms with van der Waals surface area (Å²) in [5.74, 6) is -0.673. The minimum atomic E-state index is -3.61. The lowest BCUT2D eigenvalue weighted by molar-refractivity contribution is 0.0697. The van der Waals surface area contributed by atoms with Crippen LogP contribution in [-0.4, -0.2) is 49.7 Å². The molecule has 1 heterocycles. The molecule has 1 aliphatic heterocycles. The Kier molecular flexibility index (Phi) is 5.69. The zero-order valence-electron chi connectivity index (χ0n) is 15.1. The monoisotopic (exact) mass is 454 g/mol. The van der Waals surface area contributed by atoms with Gasteiger partial charge in [0.15, 0.2) is 0 Å². The molecule has 2 aromatic rings. The molecule has 1 saturated heterocycles. The van der Waals surface area contributed by atoms with Crippen molar-refractivity contribution >= 4 is 31.9 Å². The highest BCUT2D eigenvalue weighted by molar-refractivity contribution is 9.10. The average Bonchev–Trinajstić information content (AvgIpc) is 2.63. The van der Waals surface area contributed by atoms with Crippen LogP contribution in [0.25, 0.3) is 0 Å². The highest BCUT2D eigenvalue weighted by Crippen LogP contribution is 2.24. The SMILES string of the molecule is Cc1ccc(C)c(S(=O)(=O)N2CCN(C(=O)c3ccc(F)cc3Br)CC2)c1. The van der Waals surface area contributed by atoms with Crippen LogP contribution in [0.3, 0.4) is 0 Å². The van der Waals surface area contributed by atoms with Crippen LogP contribution in [0.1, 0.15) is 21.5 Å². The van der Waals surface area contributed by atoms with E-state index in [-0.39, 0.29) is 32.1 Å². The molecule has 144 valence electrons. The average molecular weight is 455 g/mol. The Morgan fingerprint density at radius 3 is 2.33 bits per heavy atom. The number of carbonyl (C=O) groups is 1. The molecular formula is C19H20BrFN2O3S. The molecule has 0 N–H and O–H groups in total. The van der Waals surface area contributed by atoms with Crippen LogP contribution in [0.5, 0.6) is 0 Å². The van der Waals surface area contributed by atoms with E-state index < -0.39 is 15.8 Å². The third-order valence-corrected chi connectivity index (χ3v) is 7.35. The lowest BCUT2D eigenvalue weighted by atomic mass is 10.2. The predicted molar refractivity (Wildman–Crippen MR) is 105 cm³/mol. The molecule has 27 heavy (non-hydrogen) atoms. The van der Waals surface area contributed by atoms with Crippen LogP contribution in [0, 0.1) is 19.7 Å². The zero-order valence-corrected chi connectivity index (χ0v) is 17.5. The van der Waals surface area contributed by atoms with Gasteiger partial charge in [0, 0.05) is 30.7 Å². The molecule has 1 amide bonds. The largest absolute Gasteiger partial charge is 0.336 e. The van der Waals surface area contributed by atoms with Crippen molar-refractivity contribution in [3.8, 4) is 0 Å². The summed E-state index contributed by atoms with van der Waals surface area (Å²) in [5.41, 5.74) is 1.95. The molecule has 0 spiro atoms. The topological polar surface area (TPSA) is 57.7 Å². The third kappa shape index (κ3) is 4.07. The van der Waals surface area contributed by atoms with Gasteiger partial charge in [-0.05, 0) is 65.2 Å². The van der Waals surface area contributed by atoms with Crippen molar-refractivity contribution in [1.82, 2.24) is 9.21 Å². The smallest absolute Gasteiger partial charge is 0.255 e. The molecule has 0 atom stereocenters. The van der Waals surface area contributed by atoms with Gasteiger partial charge in [-0.2, -0.15) is 4.31 Å². The summed E-state index contributed by atoms with van der Waals surface area (Å²) in [4.78, 5) is 14.6. The minimum Gasteiger partial charge on any atom is -0.336 e. The molecule has 0 unspecified atom stereocenters. The van der Waals surface area contributed by atoms with Gasteiger partial charge >= 0.3 is 0 Å². The molecule has 5 nitrogen and oxygen atoms in total. The Balaban J connectivity index is 1.75. The lowest BCUT2D eigenvalue weighted by Gasteiger charge is -2.34. The van der Waals surface area contributed by atoms with Crippen LogP contribution in [0.15, 0.2) is 45.8 Å². The molecule has 8 heteroatoms. The number of amides is 1. The van der Waals surface area contributed by atoms with Crippen LogP contribution < -0.4 is 0 Å². The number of hydrogen-bond donors (Lipinski definition) is 0. The Labute approximate surface area is 167 Å². The van der Waals surface area contributed by atoms with Gasteiger partial charge in [0.25, 0.3) is 5.91 Å². The number of halogens is 2. The van der Waals surface area contributed by atoms with Crippen LogP contribution in [-0.2, 0) is 10.0 Å². The number of benzene rings is 2. The first-order valence-electron chi connectivity index (χ1n) is 8.52. The van der Waals surface area contributed by atoms with Crippen molar-refractivity contribution in [2.24, 2.45) is 0 Å². The van der Waals surface area contributed by atoms with E-state index in [4.69, 9.17) is 0 Å². The Morgan fingerprint density at radius 2 is 1.70 bits per heavy atom. The van der Waals surface area contributed by atoms with E-state index in [0.717, 1.165) is 5.56 Å². The maximum Gasteiger partial charge on any atom is 0.255 e. The number of hydrogen-bond acceptors (Lipinski definition) is 3. The van der Waals surface area contributed by atoms with Gasteiger partial charge in [0.2, 0.25) is 10.0 Å².